The molecule has 0 amide bonds. The third kappa shape index (κ3) is 2.10. The van der Waals surface area contributed by atoms with E-state index in [0.717, 1.165) is 5.69 Å². The zero-order valence-corrected chi connectivity index (χ0v) is 7.53. The van der Waals surface area contributed by atoms with Crippen LogP contribution in [0.4, 0.5) is 5.69 Å². The van der Waals surface area contributed by atoms with E-state index in [4.69, 9.17) is 0 Å². The predicted molar refractivity (Wildman–Crippen MR) is 49.0 cm³/mol. The van der Waals surface area contributed by atoms with Crippen LogP contribution in [0.5, 0.6) is 0 Å². The van der Waals surface area contributed by atoms with Gasteiger partial charge in [0.15, 0.2) is 0 Å². The number of rotatable bonds is 2. The monoisotopic (exact) mass is 167 g/mol. The lowest BCUT2D eigenvalue weighted by atomic mass is 10.4. The first-order valence-electron chi connectivity index (χ1n) is 3.70. The number of aromatic nitrogens is 1. The maximum Gasteiger partial charge on any atom is 0.252 e. The smallest absolute Gasteiger partial charge is 0.252 e. The molecule has 0 aliphatic carbocycles. The Morgan fingerprint density at radius 3 is 2.67 bits per heavy atom. The van der Waals surface area contributed by atoms with Gasteiger partial charge in [-0.3, -0.25) is 4.79 Å². The van der Waals surface area contributed by atoms with Gasteiger partial charge < -0.3 is 9.99 Å². The Hall–Kier alpha value is -1.29. The molecule has 1 aromatic rings. The van der Waals surface area contributed by atoms with Gasteiger partial charge in [0.05, 0.1) is 5.69 Å². The number of nitrogens with zero attached hydrogens (tertiary/aromatic N) is 2. The second-order valence-corrected chi connectivity index (χ2v) is 2.87. The Kier molecular flexibility index (Phi) is 2.50. The number of anilines is 1. The maximum absolute atomic E-state index is 11.1. The molecule has 0 aliphatic rings. The average Bonchev–Trinajstić information content (AvgIpc) is 1.96. The van der Waals surface area contributed by atoms with Crippen molar-refractivity contribution in [2.45, 2.75) is 0 Å². The van der Waals surface area contributed by atoms with E-state index >= 15 is 0 Å². The molecule has 0 bridgehead atoms. The summed E-state index contributed by atoms with van der Waals surface area (Å²) in [5, 5.41) is 1.79. The fourth-order valence-electron chi connectivity index (χ4n) is 0.876. The minimum absolute atomic E-state index is 0.0122. The molecular formula is C8H13N3O. The Bertz CT molecular complexity index is 316. The van der Waals surface area contributed by atoms with Crippen LogP contribution in [-0.4, -0.2) is 23.7 Å². The van der Waals surface area contributed by atoms with Crippen molar-refractivity contribution in [1.29, 1.82) is 0 Å². The van der Waals surface area contributed by atoms with Crippen molar-refractivity contribution >= 4 is 5.69 Å². The highest BCUT2D eigenvalue weighted by molar-refractivity contribution is 5.39. The van der Waals surface area contributed by atoms with Crippen molar-refractivity contribution < 1.29 is 0 Å². The number of hydrogen-bond donors (Lipinski definition) is 1. The average molecular weight is 167 g/mol. The summed E-state index contributed by atoms with van der Waals surface area (Å²) in [6.07, 6.45) is 1.73. The van der Waals surface area contributed by atoms with Crippen LogP contribution in [0.3, 0.4) is 0 Å². The van der Waals surface area contributed by atoms with Crippen molar-refractivity contribution in [3.05, 3.63) is 28.7 Å². The molecule has 0 atom stereocenters. The molecule has 0 fully saturated rings. The van der Waals surface area contributed by atoms with Crippen LogP contribution < -0.4 is 11.0 Å². The second kappa shape index (κ2) is 3.40. The first-order valence-corrected chi connectivity index (χ1v) is 3.70. The van der Waals surface area contributed by atoms with Crippen molar-refractivity contribution in [2.24, 2.45) is 7.05 Å². The first-order chi connectivity index (χ1) is 5.59. The summed E-state index contributed by atoms with van der Waals surface area (Å²) in [5.41, 5.74) is 3.79. The third-order valence-corrected chi connectivity index (χ3v) is 1.46. The number of hydrogen-bond acceptors (Lipinski definition) is 3. The lowest BCUT2D eigenvalue weighted by molar-refractivity contribution is 0.495. The van der Waals surface area contributed by atoms with E-state index < -0.39 is 0 Å². The van der Waals surface area contributed by atoms with Crippen LogP contribution in [0, 0.1) is 0 Å². The Morgan fingerprint density at radius 2 is 2.17 bits per heavy atom. The molecule has 0 aliphatic heterocycles. The maximum atomic E-state index is 11.1. The summed E-state index contributed by atoms with van der Waals surface area (Å²) in [7, 11) is 5.47. The van der Waals surface area contributed by atoms with Crippen LogP contribution in [0.15, 0.2) is 23.1 Å². The molecular weight excluding hydrogens is 154 g/mol. The second-order valence-electron chi connectivity index (χ2n) is 2.87. The van der Waals surface area contributed by atoms with E-state index in [0.29, 0.717) is 0 Å². The van der Waals surface area contributed by atoms with Gasteiger partial charge in [0.2, 0.25) is 0 Å². The minimum atomic E-state index is -0.0122. The Morgan fingerprint density at radius 1 is 1.50 bits per heavy atom. The van der Waals surface area contributed by atoms with Crippen LogP contribution in [0.25, 0.3) is 0 Å². The van der Waals surface area contributed by atoms with Gasteiger partial charge in [0.1, 0.15) is 0 Å². The zero-order valence-electron chi connectivity index (χ0n) is 7.53. The van der Waals surface area contributed by atoms with E-state index in [1.165, 1.54) is 4.57 Å². The minimum Gasteiger partial charge on any atom is -0.319 e. The van der Waals surface area contributed by atoms with Gasteiger partial charge in [0, 0.05) is 33.4 Å². The van der Waals surface area contributed by atoms with Crippen LogP contribution in [-0.2, 0) is 7.05 Å². The van der Waals surface area contributed by atoms with Gasteiger partial charge in [-0.2, -0.15) is 0 Å². The highest BCUT2D eigenvalue weighted by Crippen LogP contribution is 2.00. The fourth-order valence-corrected chi connectivity index (χ4v) is 0.876. The zero-order chi connectivity index (χ0) is 9.14. The molecule has 0 aromatic carbocycles. The molecule has 1 aromatic heterocycles. The van der Waals surface area contributed by atoms with Crippen molar-refractivity contribution in [3.8, 4) is 0 Å². The van der Waals surface area contributed by atoms with Crippen LogP contribution in [0.1, 0.15) is 0 Å². The summed E-state index contributed by atoms with van der Waals surface area (Å²) in [6.45, 7) is 0. The van der Waals surface area contributed by atoms with E-state index in [-0.39, 0.29) is 5.56 Å². The normalized spacial score (nSPS) is 10.3. The van der Waals surface area contributed by atoms with E-state index in [1.807, 2.05) is 20.2 Å². The SMILES string of the molecule is CN(C)Nc1ccn(C)c(=O)c1. The molecule has 66 valence electrons. The fraction of sp³-hybridized carbons (Fsp3) is 0.375. The summed E-state index contributed by atoms with van der Waals surface area (Å²) in [4.78, 5) is 11.1. The van der Waals surface area contributed by atoms with Gasteiger partial charge in [-0.25, -0.2) is 5.01 Å². The molecule has 4 heteroatoms. The number of pyridine rings is 1. The summed E-state index contributed by atoms with van der Waals surface area (Å²) in [5.74, 6) is 0. The highest BCUT2D eigenvalue weighted by atomic mass is 16.1. The van der Waals surface area contributed by atoms with Crippen molar-refractivity contribution in [1.82, 2.24) is 9.58 Å². The molecule has 12 heavy (non-hydrogen) atoms. The topological polar surface area (TPSA) is 37.3 Å². The quantitative estimate of drug-likeness (QED) is 0.642. The number of hydrazine groups is 1. The third-order valence-electron chi connectivity index (χ3n) is 1.46. The Balaban J connectivity index is 2.90. The largest absolute Gasteiger partial charge is 0.319 e. The lowest BCUT2D eigenvalue weighted by Crippen LogP contribution is -2.22. The number of aryl methyl sites for hydroxylation is 1. The van der Waals surface area contributed by atoms with Gasteiger partial charge in [-0.1, -0.05) is 0 Å². The predicted octanol–water partition coefficient (Wildman–Crippen LogP) is 0.274. The van der Waals surface area contributed by atoms with Crippen LogP contribution >= 0.6 is 0 Å². The molecule has 0 spiro atoms. The molecule has 1 N–H and O–H groups in total. The van der Waals surface area contributed by atoms with Gasteiger partial charge in [-0.05, 0) is 6.07 Å². The van der Waals surface area contributed by atoms with Crippen LogP contribution in [0.2, 0.25) is 0 Å². The summed E-state index contributed by atoms with van der Waals surface area (Å²) < 4.78 is 1.53. The van der Waals surface area contributed by atoms with Gasteiger partial charge >= 0.3 is 0 Å². The molecule has 0 saturated carbocycles. The van der Waals surface area contributed by atoms with Gasteiger partial charge in [0.25, 0.3) is 5.56 Å². The van der Waals surface area contributed by atoms with E-state index in [1.54, 1.807) is 24.3 Å². The van der Waals surface area contributed by atoms with E-state index in [2.05, 4.69) is 5.43 Å². The molecule has 1 rings (SSSR count). The molecule has 0 saturated heterocycles. The molecule has 0 unspecified atom stereocenters. The molecule has 1 heterocycles. The molecule has 0 radical (unpaired) electrons. The highest BCUT2D eigenvalue weighted by Gasteiger charge is 1.94. The standard InChI is InChI=1S/C8H13N3O/c1-10(2)9-7-4-5-11(3)8(12)6-7/h4-6,9H,1-3H3. The lowest BCUT2D eigenvalue weighted by Gasteiger charge is -2.12. The van der Waals surface area contributed by atoms with Gasteiger partial charge in [-0.15, -0.1) is 0 Å². The van der Waals surface area contributed by atoms with Crippen molar-refractivity contribution in [2.75, 3.05) is 19.5 Å². The molecule has 4 nitrogen and oxygen atoms in total. The summed E-state index contributed by atoms with van der Waals surface area (Å²) >= 11 is 0. The first kappa shape index (κ1) is 8.80. The summed E-state index contributed by atoms with van der Waals surface area (Å²) in [6, 6.07) is 3.40. The van der Waals surface area contributed by atoms with Crippen molar-refractivity contribution in [3.63, 3.8) is 0 Å². The Labute approximate surface area is 71.4 Å². The number of nitrogens with one attached hydrogen (secondary N) is 1. The van der Waals surface area contributed by atoms with E-state index in [9.17, 15) is 4.79 Å².